The van der Waals surface area contributed by atoms with E-state index in [1.54, 1.807) is 24.0 Å². The summed E-state index contributed by atoms with van der Waals surface area (Å²) in [5, 5.41) is 0.831. The quantitative estimate of drug-likeness (QED) is 0.569. The minimum absolute atomic E-state index is 0.226. The molecule has 0 saturated heterocycles. The molecule has 106 valence electrons. The van der Waals surface area contributed by atoms with E-state index in [1.807, 2.05) is 37.3 Å². The van der Waals surface area contributed by atoms with Gasteiger partial charge in [-0.1, -0.05) is 12.1 Å². The normalized spacial score (nSPS) is 11.0. The van der Waals surface area contributed by atoms with Gasteiger partial charge in [0.1, 0.15) is 5.82 Å². The van der Waals surface area contributed by atoms with Gasteiger partial charge in [0.25, 0.3) is 0 Å². The third-order valence-corrected chi connectivity index (χ3v) is 4.67. The number of halogens is 1. The van der Waals surface area contributed by atoms with Gasteiger partial charge in [0.2, 0.25) is 0 Å². The van der Waals surface area contributed by atoms with E-state index in [9.17, 15) is 4.39 Å². The van der Waals surface area contributed by atoms with Crippen molar-refractivity contribution in [3.05, 3.63) is 65.6 Å². The van der Waals surface area contributed by atoms with Crippen LogP contribution in [0.3, 0.4) is 0 Å². The molecule has 0 amide bonds. The second-order valence-electron chi connectivity index (χ2n) is 4.90. The number of benzene rings is 2. The van der Waals surface area contributed by atoms with Gasteiger partial charge in [-0.05, 0) is 48.4 Å². The fraction of sp³-hybridized carbons (Fsp3) is 0.118. The molecule has 0 fully saturated rings. The number of rotatable bonds is 3. The second-order valence-corrected chi connectivity index (χ2v) is 5.92. The number of fused-ring (bicyclic) bond motifs is 1. The van der Waals surface area contributed by atoms with Gasteiger partial charge in [0.05, 0.1) is 5.52 Å². The zero-order valence-electron chi connectivity index (χ0n) is 11.6. The molecule has 0 radical (unpaired) electrons. The van der Waals surface area contributed by atoms with Crippen LogP contribution in [0, 0.1) is 12.7 Å². The Morgan fingerprint density at radius 2 is 2.05 bits per heavy atom. The average Bonchev–Trinajstić information content (AvgIpc) is 2.48. The number of aromatic nitrogens is 1. The Labute approximate surface area is 127 Å². The lowest BCUT2D eigenvalue weighted by molar-refractivity contribution is 0.628. The molecule has 1 aromatic heterocycles. The van der Waals surface area contributed by atoms with Gasteiger partial charge in [0.15, 0.2) is 0 Å². The van der Waals surface area contributed by atoms with Crippen LogP contribution >= 0.6 is 11.8 Å². The van der Waals surface area contributed by atoms with Crippen LogP contribution in [-0.4, -0.2) is 4.98 Å². The summed E-state index contributed by atoms with van der Waals surface area (Å²) in [6.45, 7) is 2.00. The van der Waals surface area contributed by atoms with Crippen molar-refractivity contribution >= 4 is 28.4 Å². The fourth-order valence-corrected chi connectivity index (χ4v) is 3.32. The molecule has 0 unspecified atom stereocenters. The first-order chi connectivity index (χ1) is 10.1. The topological polar surface area (TPSA) is 38.9 Å². The summed E-state index contributed by atoms with van der Waals surface area (Å²) in [5.74, 6) is 0.436. The predicted octanol–water partition coefficient (Wildman–Crippen LogP) is 4.56. The van der Waals surface area contributed by atoms with Gasteiger partial charge in [-0.25, -0.2) is 4.39 Å². The lowest BCUT2D eigenvalue weighted by Gasteiger charge is -2.09. The zero-order chi connectivity index (χ0) is 14.8. The number of nitrogens with two attached hydrogens (primary N) is 1. The molecule has 0 aliphatic heterocycles. The number of hydrogen-bond donors (Lipinski definition) is 1. The summed E-state index contributed by atoms with van der Waals surface area (Å²) in [5.41, 5.74) is 9.52. The van der Waals surface area contributed by atoms with Crippen LogP contribution in [0.15, 0.2) is 53.6 Å². The van der Waals surface area contributed by atoms with Crippen molar-refractivity contribution in [1.29, 1.82) is 0 Å². The first-order valence-corrected chi connectivity index (χ1v) is 7.65. The van der Waals surface area contributed by atoms with Gasteiger partial charge in [0, 0.05) is 27.9 Å². The maximum atomic E-state index is 13.7. The van der Waals surface area contributed by atoms with E-state index in [-0.39, 0.29) is 5.82 Å². The molecule has 2 aromatic carbocycles. The van der Waals surface area contributed by atoms with Crippen LogP contribution in [0.5, 0.6) is 0 Å². The minimum atomic E-state index is -0.226. The third kappa shape index (κ3) is 2.85. The van der Waals surface area contributed by atoms with Crippen molar-refractivity contribution in [1.82, 2.24) is 4.98 Å². The van der Waals surface area contributed by atoms with Crippen LogP contribution in [0.1, 0.15) is 11.1 Å². The van der Waals surface area contributed by atoms with E-state index < -0.39 is 0 Å². The van der Waals surface area contributed by atoms with E-state index >= 15 is 0 Å². The summed E-state index contributed by atoms with van der Waals surface area (Å²) in [7, 11) is 0. The smallest absolute Gasteiger partial charge is 0.124 e. The summed E-state index contributed by atoms with van der Waals surface area (Å²) in [6, 6.07) is 12.6. The molecule has 0 spiro atoms. The molecule has 21 heavy (non-hydrogen) atoms. The number of nitrogens with zero attached hydrogens (tertiary/aromatic N) is 1. The van der Waals surface area contributed by atoms with E-state index in [0.717, 1.165) is 32.6 Å². The highest BCUT2D eigenvalue weighted by Gasteiger charge is 2.08. The van der Waals surface area contributed by atoms with Crippen LogP contribution in [-0.2, 0) is 5.75 Å². The number of nitrogen functional groups attached to an aromatic ring is 1. The molecular formula is C17H15FN2S. The molecule has 2 N–H and O–H groups in total. The Hall–Kier alpha value is -2.07. The number of hydrogen-bond acceptors (Lipinski definition) is 3. The Morgan fingerprint density at radius 1 is 1.19 bits per heavy atom. The van der Waals surface area contributed by atoms with E-state index in [4.69, 9.17) is 5.73 Å². The molecule has 1 heterocycles. The van der Waals surface area contributed by atoms with E-state index in [0.29, 0.717) is 5.75 Å². The van der Waals surface area contributed by atoms with Gasteiger partial charge < -0.3 is 5.73 Å². The number of thioether (sulfide) groups is 1. The fourth-order valence-electron chi connectivity index (χ4n) is 2.28. The molecule has 0 bridgehead atoms. The Morgan fingerprint density at radius 3 is 2.90 bits per heavy atom. The molecule has 0 aliphatic carbocycles. The first kappa shape index (κ1) is 13.9. The summed E-state index contributed by atoms with van der Waals surface area (Å²) < 4.78 is 13.7. The first-order valence-electron chi connectivity index (χ1n) is 6.66. The largest absolute Gasteiger partial charge is 0.398 e. The second kappa shape index (κ2) is 5.74. The summed E-state index contributed by atoms with van der Waals surface area (Å²) in [4.78, 5) is 5.48. The maximum absolute atomic E-state index is 13.7. The standard InChI is InChI=1S/C17H15FN2S/c1-11-15(19)5-2-6-16(11)21-10-13-9-14(18)8-12-4-3-7-20-17(12)13/h2-9H,10,19H2,1H3. The van der Waals surface area contributed by atoms with E-state index in [2.05, 4.69) is 4.98 Å². The summed E-state index contributed by atoms with van der Waals surface area (Å²) >= 11 is 1.65. The van der Waals surface area contributed by atoms with E-state index in [1.165, 1.54) is 6.07 Å². The van der Waals surface area contributed by atoms with Crippen LogP contribution < -0.4 is 5.73 Å². The summed E-state index contributed by atoms with van der Waals surface area (Å²) in [6.07, 6.45) is 1.74. The van der Waals surface area contributed by atoms with Crippen LogP contribution in [0.2, 0.25) is 0 Å². The van der Waals surface area contributed by atoms with Crippen LogP contribution in [0.4, 0.5) is 10.1 Å². The minimum Gasteiger partial charge on any atom is -0.398 e. The molecule has 0 saturated carbocycles. The van der Waals surface area contributed by atoms with Gasteiger partial charge in [-0.15, -0.1) is 11.8 Å². The number of pyridine rings is 1. The van der Waals surface area contributed by atoms with Gasteiger partial charge >= 0.3 is 0 Å². The Bertz CT molecular complexity index is 802. The maximum Gasteiger partial charge on any atom is 0.124 e. The highest BCUT2D eigenvalue weighted by Crippen LogP contribution is 2.31. The molecule has 4 heteroatoms. The van der Waals surface area contributed by atoms with Crippen molar-refractivity contribution in [2.45, 2.75) is 17.6 Å². The highest BCUT2D eigenvalue weighted by atomic mass is 32.2. The van der Waals surface area contributed by atoms with Crippen LogP contribution in [0.25, 0.3) is 10.9 Å². The van der Waals surface area contributed by atoms with Crippen molar-refractivity contribution in [2.24, 2.45) is 0 Å². The average molecular weight is 298 g/mol. The SMILES string of the molecule is Cc1c(N)cccc1SCc1cc(F)cc2cccnc12. The lowest BCUT2D eigenvalue weighted by atomic mass is 10.1. The molecule has 3 aromatic rings. The van der Waals surface area contributed by atoms with Gasteiger partial charge in [-0.3, -0.25) is 4.98 Å². The molecular weight excluding hydrogens is 283 g/mol. The Balaban J connectivity index is 1.93. The highest BCUT2D eigenvalue weighted by molar-refractivity contribution is 7.98. The van der Waals surface area contributed by atoms with Crippen molar-refractivity contribution in [3.8, 4) is 0 Å². The lowest BCUT2D eigenvalue weighted by Crippen LogP contribution is -1.93. The Kier molecular flexibility index (Phi) is 3.80. The molecule has 0 aliphatic rings. The monoisotopic (exact) mass is 298 g/mol. The molecule has 0 atom stereocenters. The number of anilines is 1. The third-order valence-electron chi connectivity index (χ3n) is 3.46. The van der Waals surface area contributed by atoms with Crippen molar-refractivity contribution < 1.29 is 4.39 Å². The zero-order valence-corrected chi connectivity index (χ0v) is 12.5. The van der Waals surface area contributed by atoms with Crippen molar-refractivity contribution in [2.75, 3.05) is 5.73 Å². The van der Waals surface area contributed by atoms with Crippen molar-refractivity contribution in [3.63, 3.8) is 0 Å². The van der Waals surface area contributed by atoms with Gasteiger partial charge in [-0.2, -0.15) is 0 Å². The predicted molar refractivity (Wildman–Crippen MR) is 86.9 cm³/mol. The molecule has 2 nitrogen and oxygen atoms in total. The molecule has 3 rings (SSSR count).